The Bertz CT molecular complexity index is 28.9. The zero-order valence-electron chi connectivity index (χ0n) is 4.52. The van der Waals surface area contributed by atoms with Crippen molar-refractivity contribution in [1.82, 2.24) is 0 Å². The third kappa shape index (κ3) is 6.66. The van der Waals surface area contributed by atoms with Crippen molar-refractivity contribution in [2.24, 2.45) is 5.73 Å². The van der Waals surface area contributed by atoms with Gasteiger partial charge in [0.05, 0.1) is 0 Å². The Morgan fingerprint density at radius 3 is 2.57 bits per heavy atom. The zero-order chi connectivity index (χ0) is 5.54. The van der Waals surface area contributed by atoms with E-state index in [4.69, 9.17) is 5.73 Å². The maximum Gasteiger partial charge on any atom is 0.0392 e. The largest absolute Gasteiger partial charge is 0.322 e. The molecule has 44 valence electrons. The molecule has 0 saturated carbocycles. The van der Waals surface area contributed by atoms with Crippen molar-refractivity contribution in [1.29, 1.82) is 0 Å². The summed E-state index contributed by atoms with van der Waals surface area (Å²) in [5, 5.41) is 0. The molecule has 0 aromatic heterocycles. The molecule has 0 aliphatic heterocycles. The van der Waals surface area contributed by atoms with Gasteiger partial charge in [0.15, 0.2) is 0 Å². The summed E-state index contributed by atoms with van der Waals surface area (Å²) in [6, 6.07) is 0. The average Bonchev–Trinajstić information content (AvgIpc) is 1.69. The molecule has 0 aliphatic carbocycles. The van der Waals surface area contributed by atoms with Crippen LogP contribution in [0.3, 0.4) is 0 Å². The van der Waals surface area contributed by atoms with Gasteiger partial charge in [-0.15, -0.1) is 11.8 Å². The predicted molar refractivity (Wildman–Crippen MR) is 39.9 cm³/mol. The maximum atomic E-state index is 5.22. The minimum atomic E-state index is 0.764. The minimum absolute atomic E-state index is 0.764. The van der Waals surface area contributed by atoms with E-state index in [1.807, 2.05) is 11.8 Å². The first-order valence-corrected chi connectivity index (χ1v) is 4.73. The summed E-state index contributed by atoms with van der Waals surface area (Å²) < 4.78 is 0. The Hall–Kier alpha value is 0.660. The van der Waals surface area contributed by atoms with E-state index in [-0.39, 0.29) is 0 Å². The molecular weight excluding hydrogens is 126 g/mol. The number of hydrogen-bond acceptors (Lipinski definition) is 3. The summed E-state index contributed by atoms with van der Waals surface area (Å²) in [6.07, 6.45) is 2.11. The second-order valence-corrected chi connectivity index (χ2v) is 3.20. The molecule has 3 heteroatoms. The van der Waals surface area contributed by atoms with Gasteiger partial charge in [-0.2, -0.15) is 11.8 Å². The van der Waals surface area contributed by atoms with Crippen molar-refractivity contribution in [3.63, 3.8) is 0 Å². The van der Waals surface area contributed by atoms with Crippen molar-refractivity contribution >= 4 is 23.5 Å². The molecule has 0 aliphatic rings. The third-order valence-electron chi connectivity index (χ3n) is 0.550. The van der Waals surface area contributed by atoms with Crippen LogP contribution in [0.2, 0.25) is 0 Å². The highest BCUT2D eigenvalue weighted by atomic mass is 32.2. The standard InChI is InChI=1S/C4H11NS2/c1-6-2-3-7-4-5/h2-5H2,1H3. The van der Waals surface area contributed by atoms with Gasteiger partial charge in [-0.3, -0.25) is 0 Å². The van der Waals surface area contributed by atoms with E-state index < -0.39 is 0 Å². The first kappa shape index (κ1) is 7.66. The lowest BCUT2D eigenvalue weighted by Gasteiger charge is -1.91. The third-order valence-corrected chi connectivity index (χ3v) is 2.15. The number of thioether (sulfide) groups is 2. The van der Waals surface area contributed by atoms with Crippen molar-refractivity contribution in [2.75, 3.05) is 23.6 Å². The van der Waals surface area contributed by atoms with Crippen LogP contribution >= 0.6 is 23.5 Å². The van der Waals surface area contributed by atoms with Gasteiger partial charge in [0, 0.05) is 17.4 Å². The Morgan fingerprint density at radius 1 is 1.43 bits per heavy atom. The second-order valence-electron chi connectivity index (χ2n) is 1.07. The number of hydrogen-bond donors (Lipinski definition) is 1. The zero-order valence-corrected chi connectivity index (χ0v) is 6.15. The Balaban J connectivity index is 2.45. The Morgan fingerprint density at radius 2 is 2.14 bits per heavy atom. The maximum absolute atomic E-state index is 5.22. The molecule has 1 nitrogen and oxygen atoms in total. The van der Waals surface area contributed by atoms with Crippen molar-refractivity contribution in [3.8, 4) is 0 Å². The van der Waals surface area contributed by atoms with Crippen LogP contribution in [0, 0.1) is 0 Å². The van der Waals surface area contributed by atoms with Crippen LogP contribution in [0.1, 0.15) is 0 Å². The van der Waals surface area contributed by atoms with E-state index in [0.717, 1.165) is 5.88 Å². The van der Waals surface area contributed by atoms with Gasteiger partial charge in [0.25, 0.3) is 0 Å². The second kappa shape index (κ2) is 6.66. The monoisotopic (exact) mass is 137 g/mol. The first-order chi connectivity index (χ1) is 3.41. The van der Waals surface area contributed by atoms with Crippen LogP contribution in [0.15, 0.2) is 0 Å². The van der Waals surface area contributed by atoms with E-state index in [9.17, 15) is 0 Å². The van der Waals surface area contributed by atoms with Crippen LogP contribution in [-0.4, -0.2) is 23.6 Å². The quantitative estimate of drug-likeness (QED) is 0.462. The van der Waals surface area contributed by atoms with Gasteiger partial charge >= 0.3 is 0 Å². The fraction of sp³-hybridized carbons (Fsp3) is 1.00. The molecule has 0 rings (SSSR count). The number of nitrogens with two attached hydrogens (primary N) is 1. The van der Waals surface area contributed by atoms with E-state index in [1.54, 1.807) is 11.8 Å². The predicted octanol–water partition coefficient (Wildman–Crippen LogP) is 0.999. The van der Waals surface area contributed by atoms with Gasteiger partial charge in [0.2, 0.25) is 0 Å². The highest BCUT2D eigenvalue weighted by molar-refractivity contribution is 8.02. The van der Waals surface area contributed by atoms with Crippen LogP contribution in [-0.2, 0) is 0 Å². The summed E-state index contributed by atoms with van der Waals surface area (Å²) in [4.78, 5) is 0. The van der Waals surface area contributed by atoms with Crippen molar-refractivity contribution < 1.29 is 0 Å². The fourth-order valence-corrected chi connectivity index (χ4v) is 1.53. The molecule has 0 saturated heterocycles. The SMILES string of the molecule is CSCCSCN. The smallest absolute Gasteiger partial charge is 0.0392 e. The lowest BCUT2D eigenvalue weighted by molar-refractivity contribution is 1.38. The lowest BCUT2D eigenvalue weighted by atomic mass is 11.0. The minimum Gasteiger partial charge on any atom is -0.322 e. The van der Waals surface area contributed by atoms with Gasteiger partial charge in [-0.25, -0.2) is 0 Å². The Kier molecular flexibility index (Phi) is 7.29. The lowest BCUT2D eigenvalue weighted by Crippen LogP contribution is -1.94. The normalized spacial score (nSPS) is 9.43. The van der Waals surface area contributed by atoms with Gasteiger partial charge < -0.3 is 5.73 Å². The molecule has 0 fully saturated rings. The number of rotatable bonds is 4. The van der Waals surface area contributed by atoms with Gasteiger partial charge in [0.1, 0.15) is 0 Å². The fourth-order valence-electron chi connectivity index (χ4n) is 0.226. The van der Waals surface area contributed by atoms with Gasteiger partial charge in [-0.1, -0.05) is 0 Å². The summed E-state index contributed by atoms with van der Waals surface area (Å²) >= 11 is 3.65. The molecule has 0 aromatic rings. The van der Waals surface area contributed by atoms with Gasteiger partial charge in [-0.05, 0) is 6.26 Å². The molecular formula is C4H11NS2. The summed E-state index contributed by atoms with van der Waals surface area (Å²) in [5.74, 6) is 3.18. The summed E-state index contributed by atoms with van der Waals surface area (Å²) in [7, 11) is 0. The topological polar surface area (TPSA) is 26.0 Å². The molecule has 0 amide bonds. The summed E-state index contributed by atoms with van der Waals surface area (Å²) in [6.45, 7) is 0. The molecule has 0 heterocycles. The van der Waals surface area contributed by atoms with Crippen molar-refractivity contribution in [3.05, 3.63) is 0 Å². The van der Waals surface area contributed by atoms with Crippen LogP contribution < -0.4 is 5.73 Å². The molecule has 0 aromatic carbocycles. The van der Waals surface area contributed by atoms with E-state index in [1.165, 1.54) is 11.5 Å². The van der Waals surface area contributed by atoms with Crippen LogP contribution in [0.25, 0.3) is 0 Å². The molecule has 0 atom stereocenters. The molecule has 0 radical (unpaired) electrons. The highest BCUT2D eigenvalue weighted by Crippen LogP contribution is 1.99. The molecule has 0 bridgehead atoms. The molecule has 7 heavy (non-hydrogen) atoms. The molecule has 0 unspecified atom stereocenters. The first-order valence-electron chi connectivity index (χ1n) is 2.18. The van der Waals surface area contributed by atoms with Crippen LogP contribution in [0.5, 0.6) is 0 Å². The molecule has 2 N–H and O–H groups in total. The van der Waals surface area contributed by atoms with Crippen molar-refractivity contribution in [2.45, 2.75) is 0 Å². The van der Waals surface area contributed by atoms with E-state index in [0.29, 0.717) is 0 Å². The van der Waals surface area contributed by atoms with Crippen LogP contribution in [0.4, 0.5) is 0 Å². The van der Waals surface area contributed by atoms with E-state index in [2.05, 4.69) is 6.26 Å². The Labute approximate surface area is 53.4 Å². The summed E-state index contributed by atoms with van der Waals surface area (Å²) in [5.41, 5.74) is 5.22. The average molecular weight is 137 g/mol. The molecule has 0 spiro atoms. The van der Waals surface area contributed by atoms with E-state index >= 15 is 0 Å². The highest BCUT2D eigenvalue weighted by Gasteiger charge is 1.80.